The molecule has 0 aliphatic heterocycles. The molecular weight excluding hydrogens is 410 g/mol. The van der Waals surface area contributed by atoms with Crippen LogP contribution in [0, 0.1) is 0 Å². The van der Waals surface area contributed by atoms with Crippen LogP contribution in [0.1, 0.15) is 30.4 Å². The molecule has 0 spiro atoms. The molecule has 0 aliphatic carbocycles. The number of nitrogens with one attached hydrogen (secondary N) is 1. The molecule has 0 saturated carbocycles. The summed E-state index contributed by atoms with van der Waals surface area (Å²) in [6, 6.07) is 15.6. The van der Waals surface area contributed by atoms with Gasteiger partial charge in [-0.25, -0.2) is 4.79 Å². The Morgan fingerprint density at radius 3 is 2.43 bits per heavy atom. The summed E-state index contributed by atoms with van der Waals surface area (Å²) in [4.78, 5) is 24.1. The minimum absolute atomic E-state index is 0.00483. The highest BCUT2D eigenvalue weighted by molar-refractivity contribution is 7.86. The zero-order valence-electron chi connectivity index (χ0n) is 16.9. The van der Waals surface area contributed by atoms with Gasteiger partial charge in [0.05, 0.1) is 19.3 Å². The molecule has 1 atom stereocenters. The first-order chi connectivity index (χ1) is 14.3. The zero-order chi connectivity index (χ0) is 22.0. The Morgan fingerprint density at radius 2 is 1.77 bits per heavy atom. The molecule has 8 nitrogen and oxygen atoms in total. The van der Waals surface area contributed by atoms with Crippen molar-refractivity contribution in [1.29, 1.82) is 0 Å². The second-order valence-electron chi connectivity index (χ2n) is 6.51. The van der Waals surface area contributed by atoms with Crippen molar-refractivity contribution in [1.82, 2.24) is 5.32 Å². The lowest BCUT2D eigenvalue weighted by molar-refractivity contribution is -0.143. The molecule has 30 heavy (non-hydrogen) atoms. The second-order valence-corrected chi connectivity index (χ2v) is 8.08. The summed E-state index contributed by atoms with van der Waals surface area (Å²) in [7, 11) is -3.69. The number of esters is 1. The van der Waals surface area contributed by atoms with Crippen LogP contribution in [0.25, 0.3) is 0 Å². The van der Waals surface area contributed by atoms with Gasteiger partial charge in [0.1, 0.15) is 12.4 Å². The van der Waals surface area contributed by atoms with E-state index in [0.29, 0.717) is 5.56 Å². The van der Waals surface area contributed by atoms with Crippen molar-refractivity contribution in [2.75, 3.05) is 19.4 Å². The molecule has 9 heteroatoms. The van der Waals surface area contributed by atoms with Crippen LogP contribution in [0.3, 0.4) is 0 Å². The summed E-state index contributed by atoms with van der Waals surface area (Å²) in [5.41, 5.74) is 1.47. The maximum atomic E-state index is 12.1. The van der Waals surface area contributed by atoms with E-state index in [0.717, 1.165) is 11.8 Å². The number of ether oxygens (including phenoxy) is 2. The van der Waals surface area contributed by atoms with Crippen molar-refractivity contribution in [2.45, 2.75) is 25.9 Å². The number of amides is 1. The Labute approximate surface area is 176 Å². The van der Waals surface area contributed by atoms with Crippen molar-refractivity contribution in [2.24, 2.45) is 0 Å². The van der Waals surface area contributed by atoms with Gasteiger partial charge in [-0.1, -0.05) is 42.5 Å². The maximum absolute atomic E-state index is 12.1. The Kier molecular flexibility index (Phi) is 8.67. The third kappa shape index (κ3) is 8.52. The van der Waals surface area contributed by atoms with Crippen molar-refractivity contribution in [3.05, 3.63) is 65.7 Å². The first-order valence-corrected chi connectivity index (χ1v) is 11.2. The van der Waals surface area contributed by atoms with Crippen LogP contribution < -0.4 is 9.50 Å². The molecule has 0 fully saturated rings. The number of alkyl carbamates (subject to hydrolysis) is 1. The fourth-order valence-corrected chi connectivity index (χ4v) is 3.16. The van der Waals surface area contributed by atoms with E-state index in [-0.39, 0.29) is 31.9 Å². The normalized spacial score (nSPS) is 11.9. The third-order valence-corrected chi connectivity index (χ3v) is 4.50. The Hall–Kier alpha value is -3.07. The van der Waals surface area contributed by atoms with Crippen LogP contribution in [0.2, 0.25) is 0 Å². The lowest BCUT2D eigenvalue weighted by Gasteiger charge is -2.18. The van der Waals surface area contributed by atoms with Gasteiger partial charge in [0.15, 0.2) is 0 Å². The predicted octanol–water partition coefficient (Wildman–Crippen LogP) is 2.99. The van der Waals surface area contributed by atoms with E-state index in [4.69, 9.17) is 13.7 Å². The summed E-state index contributed by atoms with van der Waals surface area (Å²) in [5, 5.41) is 2.64. The van der Waals surface area contributed by atoms with Gasteiger partial charge in [0, 0.05) is 12.5 Å². The third-order valence-electron chi connectivity index (χ3n) is 4.00. The molecule has 0 heterocycles. The molecule has 2 aromatic carbocycles. The molecular formula is C21H25NO7S. The number of carbonyl (C=O) groups is 2. The Bertz CT molecular complexity index is 945. The lowest BCUT2D eigenvalue weighted by Crippen LogP contribution is -2.30. The smallest absolute Gasteiger partial charge is 0.407 e. The number of hydrogen-bond acceptors (Lipinski definition) is 7. The standard InChI is InChI=1S/C21H25NO7S/c1-3-27-20(23)13-18(17-10-7-11-19(12-17)29-30(2,25)26)14-22-21(24)28-15-16-8-5-4-6-9-16/h4-12,18H,3,13-15H2,1-2H3,(H,22,24). The molecule has 0 bridgehead atoms. The number of rotatable bonds is 10. The summed E-state index contributed by atoms with van der Waals surface area (Å²) < 4.78 is 37.9. The van der Waals surface area contributed by atoms with E-state index in [1.165, 1.54) is 12.1 Å². The van der Waals surface area contributed by atoms with Crippen LogP contribution in [0.4, 0.5) is 4.79 Å². The molecule has 162 valence electrons. The van der Waals surface area contributed by atoms with Crippen molar-refractivity contribution in [3.63, 3.8) is 0 Å². The van der Waals surface area contributed by atoms with Gasteiger partial charge in [-0.3, -0.25) is 4.79 Å². The van der Waals surface area contributed by atoms with Crippen molar-refractivity contribution in [3.8, 4) is 5.75 Å². The molecule has 0 radical (unpaired) electrons. The largest absolute Gasteiger partial charge is 0.466 e. The van der Waals surface area contributed by atoms with Crippen molar-refractivity contribution >= 4 is 22.2 Å². The Balaban J connectivity index is 2.04. The molecule has 2 rings (SSSR count). The first-order valence-electron chi connectivity index (χ1n) is 9.36. The molecule has 0 aliphatic rings. The monoisotopic (exact) mass is 435 g/mol. The van der Waals surface area contributed by atoms with Crippen LogP contribution in [-0.4, -0.2) is 39.9 Å². The summed E-state index contributed by atoms with van der Waals surface area (Å²) >= 11 is 0. The minimum atomic E-state index is -3.69. The summed E-state index contributed by atoms with van der Waals surface area (Å²) in [6.07, 6.45) is 0.311. The maximum Gasteiger partial charge on any atom is 0.407 e. The number of hydrogen-bond donors (Lipinski definition) is 1. The van der Waals surface area contributed by atoms with E-state index >= 15 is 0 Å². The predicted molar refractivity (Wildman–Crippen MR) is 111 cm³/mol. The van der Waals surface area contributed by atoms with Gasteiger partial charge in [-0.15, -0.1) is 0 Å². The zero-order valence-corrected chi connectivity index (χ0v) is 17.7. The molecule has 2 aromatic rings. The first kappa shape index (κ1) is 23.2. The SMILES string of the molecule is CCOC(=O)CC(CNC(=O)OCc1ccccc1)c1cccc(OS(C)(=O)=O)c1. The van der Waals surface area contributed by atoms with Gasteiger partial charge < -0.3 is 19.0 Å². The van der Waals surface area contributed by atoms with Gasteiger partial charge in [0.25, 0.3) is 0 Å². The topological polar surface area (TPSA) is 108 Å². The molecule has 1 N–H and O–H groups in total. The van der Waals surface area contributed by atoms with Gasteiger partial charge in [-0.05, 0) is 30.2 Å². The van der Waals surface area contributed by atoms with Crippen molar-refractivity contribution < 1.29 is 31.7 Å². The van der Waals surface area contributed by atoms with E-state index in [1.54, 1.807) is 19.1 Å². The Morgan fingerprint density at radius 1 is 1.03 bits per heavy atom. The van der Waals surface area contributed by atoms with Gasteiger partial charge >= 0.3 is 22.2 Å². The average molecular weight is 435 g/mol. The molecule has 0 aromatic heterocycles. The van der Waals surface area contributed by atoms with E-state index in [9.17, 15) is 18.0 Å². The number of benzene rings is 2. The molecule has 1 unspecified atom stereocenters. The highest BCUT2D eigenvalue weighted by Gasteiger charge is 2.19. The number of carbonyl (C=O) groups excluding carboxylic acids is 2. The second kappa shape index (κ2) is 11.2. The highest BCUT2D eigenvalue weighted by Crippen LogP contribution is 2.24. The summed E-state index contributed by atoms with van der Waals surface area (Å²) in [5.74, 6) is -0.775. The van der Waals surface area contributed by atoms with Gasteiger partial charge in [0.2, 0.25) is 0 Å². The minimum Gasteiger partial charge on any atom is -0.466 e. The fourth-order valence-electron chi connectivity index (χ4n) is 2.70. The van der Waals surface area contributed by atoms with Crippen LogP contribution in [0.15, 0.2) is 54.6 Å². The van der Waals surface area contributed by atoms with Crippen LogP contribution in [0.5, 0.6) is 5.75 Å². The van der Waals surface area contributed by atoms with E-state index in [2.05, 4.69) is 5.32 Å². The van der Waals surface area contributed by atoms with E-state index < -0.39 is 28.1 Å². The molecule has 1 amide bonds. The van der Waals surface area contributed by atoms with Crippen LogP contribution in [-0.2, 0) is 31.0 Å². The quantitative estimate of drug-likeness (QED) is 0.451. The average Bonchev–Trinajstić information content (AvgIpc) is 2.69. The fraction of sp³-hybridized carbons (Fsp3) is 0.333. The lowest BCUT2D eigenvalue weighted by atomic mass is 9.95. The summed E-state index contributed by atoms with van der Waals surface area (Å²) in [6.45, 7) is 2.14. The molecule has 0 saturated heterocycles. The van der Waals surface area contributed by atoms with Crippen LogP contribution >= 0.6 is 0 Å². The van der Waals surface area contributed by atoms with E-state index in [1.807, 2.05) is 30.3 Å². The van der Waals surface area contributed by atoms with Gasteiger partial charge in [-0.2, -0.15) is 8.42 Å². The highest BCUT2D eigenvalue weighted by atomic mass is 32.2.